The van der Waals surface area contributed by atoms with Crippen LogP contribution in [-0.2, 0) is 19.2 Å². The molecule has 0 aromatic carbocycles. The highest BCUT2D eigenvalue weighted by Crippen LogP contribution is 2.09. The predicted octanol–water partition coefficient (Wildman–Crippen LogP) is -0.398. The van der Waals surface area contributed by atoms with Crippen LogP contribution in [0.3, 0.4) is 0 Å². The third kappa shape index (κ3) is 9.16. The van der Waals surface area contributed by atoms with Gasteiger partial charge in [0.15, 0.2) is 0 Å². The Labute approximate surface area is 175 Å². The Bertz CT molecular complexity index is 550. The summed E-state index contributed by atoms with van der Waals surface area (Å²) in [6, 6.07) is -3.72. The van der Waals surface area contributed by atoms with Gasteiger partial charge in [-0.1, -0.05) is 20.3 Å². The molecule has 0 aromatic rings. The monoisotopic (exact) mass is 436 g/mol. The van der Waals surface area contributed by atoms with Crippen molar-refractivity contribution >= 4 is 48.1 Å². The molecule has 0 spiro atoms. The highest BCUT2D eigenvalue weighted by Gasteiger charge is 2.30. The number of nitrogens with one attached hydrogen (secondary N) is 3. The molecule has 0 rings (SSSR count). The maximum atomic E-state index is 12.6. The van der Waals surface area contributed by atoms with Crippen molar-refractivity contribution in [3.8, 4) is 0 Å². The van der Waals surface area contributed by atoms with Gasteiger partial charge in [-0.25, -0.2) is 4.79 Å². The lowest BCUT2D eigenvalue weighted by atomic mass is 9.97. The lowest BCUT2D eigenvalue weighted by Gasteiger charge is -2.26. The predicted molar refractivity (Wildman–Crippen MR) is 113 cm³/mol. The molecule has 0 radical (unpaired) electrons. The van der Waals surface area contributed by atoms with Crippen LogP contribution in [0.2, 0.25) is 0 Å². The third-order valence-electron chi connectivity index (χ3n) is 4.31. The molecule has 0 aliphatic rings. The van der Waals surface area contributed by atoms with E-state index in [1.165, 1.54) is 6.92 Å². The fourth-order valence-electron chi connectivity index (χ4n) is 2.19. The van der Waals surface area contributed by atoms with Crippen LogP contribution in [0.25, 0.3) is 0 Å². The Morgan fingerprint density at radius 1 is 1.07 bits per heavy atom. The second-order valence-corrected chi connectivity index (χ2v) is 7.92. The number of thioether (sulfide) groups is 1. The first kappa shape index (κ1) is 26.5. The van der Waals surface area contributed by atoms with E-state index in [0.717, 1.165) is 5.75 Å². The standard InChI is InChI=1S/C17H32N4O5S2/c1-5-9(2)13(21-15(23)11(18)6-7-28-4)16(24)19-10(3)14(22)20-12(8-27)17(25)26/h9-13,27H,5-8,18H2,1-4H3,(H,19,24)(H,20,22)(H,21,23)(H,25,26)/t9-,10-,11-,12-,13-/m0/s1. The maximum absolute atomic E-state index is 12.6. The van der Waals surface area contributed by atoms with Gasteiger partial charge in [-0.05, 0) is 31.3 Å². The zero-order chi connectivity index (χ0) is 21.9. The largest absolute Gasteiger partial charge is 0.480 e. The molecule has 0 aromatic heterocycles. The highest BCUT2D eigenvalue weighted by atomic mass is 32.2. The van der Waals surface area contributed by atoms with Crippen molar-refractivity contribution in [1.82, 2.24) is 16.0 Å². The van der Waals surface area contributed by atoms with Crippen molar-refractivity contribution < 1.29 is 24.3 Å². The molecular formula is C17H32N4O5S2. The minimum absolute atomic E-state index is 0.0821. The van der Waals surface area contributed by atoms with Gasteiger partial charge < -0.3 is 26.8 Å². The van der Waals surface area contributed by atoms with Crippen LogP contribution >= 0.6 is 24.4 Å². The summed E-state index contributed by atoms with van der Waals surface area (Å²) in [7, 11) is 0. The molecule has 0 aliphatic carbocycles. The second-order valence-electron chi connectivity index (χ2n) is 6.57. The topological polar surface area (TPSA) is 151 Å². The van der Waals surface area contributed by atoms with Crippen LogP contribution in [0.5, 0.6) is 0 Å². The molecule has 5 atom stereocenters. The zero-order valence-electron chi connectivity index (χ0n) is 16.7. The number of carboxylic acids is 1. The second kappa shape index (κ2) is 13.7. The van der Waals surface area contributed by atoms with Crippen LogP contribution < -0.4 is 21.7 Å². The Balaban J connectivity index is 4.99. The average molecular weight is 437 g/mol. The summed E-state index contributed by atoms with van der Waals surface area (Å²) in [6.45, 7) is 5.12. The summed E-state index contributed by atoms with van der Waals surface area (Å²) in [5.41, 5.74) is 5.86. The van der Waals surface area contributed by atoms with Gasteiger partial charge in [0.05, 0.1) is 6.04 Å². The lowest BCUT2D eigenvalue weighted by Crippen LogP contribution is -2.58. The number of hydrogen-bond acceptors (Lipinski definition) is 7. The van der Waals surface area contributed by atoms with E-state index in [4.69, 9.17) is 10.8 Å². The molecule has 0 fully saturated rings. The maximum Gasteiger partial charge on any atom is 0.327 e. The van der Waals surface area contributed by atoms with Crippen molar-refractivity contribution in [3.63, 3.8) is 0 Å². The van der Waals surface area contributed by atoms with E-state index in [1.54, 1.807) is 11.8 Å². The molecule has 6 N–H and O–H groups in total. The van der Waals surface area contributed by atoms with Gasteiger partial charge in [0.2, 0.25) is 17.7 Å². The van der Waals surface area contributed by atoms with E-state index < -0.39 is 47.9 Å². The summed E-state index contributed by atoms with van der Waals surface area (Å²) in [5.74, 6) is -2.36. The quantitative estimate of drug-likeness (QED) is 0.215. The molecule has 3 amide bonds. The number of carbonyl (C=O) groups is 4. The van der Waals surface area contributed by atoms with Crippen LogP contribution in [0.4, 0.5) is 0 Å². The Kier molecular flexibility index (Phi) is 13.0. The molecule has 0 bridgehead atoms. The summed E-state index contributed by atoms with van der Waals surface area (Å²) in [6.07, 6.45) is 3.02. The summed E-state index contributed by atoms with van der Waals surface area (Å²) in [4.78, 5) is 48.0. The number of aliphatic carboxylic acids is 1. The molecule has 11 heteroatoms. The minimum atomic E-state index is -1.22. The SMILES string of the molecule is CC[C@H](C)[C@H](NC(=O)[C@@H](N)CCSC)C(=O)N[C@@H](C)C(=O)N[C@@H](CS)C(=O)O. The van der Waals surface area contributed by atoms with E-state index in [0.29, 0.717) is 12.8 Å². The summed E-state index contributed by atoms with van der Waals surface area (Å²) >= 11 is 5.45. The molecule has 28 heavy (non-hydrogen) atoms. The Hall–Kier alpha value is -1.46. The number of rotatable bonds is 13. The first-order chi connectivity index (χ1) is 13.1. The van der Waals surface area contributed by atoms with Gasteiger partial charge in [0.25, 0.3) is 0 Å². The Morgan fingerprint density at radius 2 is 1.68 bits per heavy atom. The van der Waals surface area contributed by atoms with Crippen molar-refractivity contribution in [3.05, 3.63) is 0 Å². The molecule has 0 saturated carbocycles. The number of carbonyl (C=O) groups excluding carboxylic acids is 3. The smallest absolute Gasteiger partial charge is 0.327 e. The van der Waals surface area contributed by atoms with Crippen molar-refractivity contribution in [2.45, 2.75) is 57.8 Å². The molecule has 0 heterocycles. The van der Waals surface area contributed by atoms with Gasteiger partial charge >= 0.3 is 5.97 Å². The van der Waals surface area contributed by atoms with E-state index in [1.807, 2.05) is 20.1 Å². The molecule has 0 saturated heterocycles. The number of thiol groups is 1. The number of amides is 3. The molecular weight excluding hydrogens is 404 g/mol. The van der Waals surface area contributed by atoms with Gasteiger partial charge in [0.1, 0.15) is 18.1 Å². The van der Waals surface area contributed by atoms with Gasteiger partial charge in [-0.2, -0.15) is 24.4 Å². The summed E-state index contributed by atoms with van der Waals surface area (Å²) in [5, 5.41) is 16.5. The first-order valence-electron chi connectivity index (χ1n) is 9.08. The van der Waals surface area contributed by atoms with E-state index in [9.17, 15) is 19.2 Å². The van der Waals surface area contributed by atoms with Crippen molar-refractivity contribution in [2.75, 3.05) is 17.8 Å². The molecule has 9 nitrogen and oxygen atoms in total. The van der Waals surface area contributed by atoms with E-state index >= 15 is 0 Å². The zero-order valence-corrected chi connectivity index (χ0v) is 18.4. The molecule has 162 valence electrons. The van der Waals surface area contributed by atoms with Gasteiger partial charge in [-0.3, -0.25) is 14.4 Å². The Morgan fingerprint density at radius 3 is 2.14 bits per heavy atom. The van der Waals surface area contributed by atoms with Crippen LogP contribution in [0, 0.1) is 5.92 Å². The fraction of sp³-hybridized carbons (Fsp3) is 0.765. The van der Waals surface area contributed by atoms with Gasteiger partial charge in [0, 0.05) is 5.75 Å². The number of carboxylic acid groups (broad SMARTS) is 1. The summed E-state index contributed by atoms with van der Waals surface area (Å²) < 4.78 is 0. The lowest BCUT2D eigenvalue weighted by molar-refractivity contribution is -0.141. The van der Waals surface area contributed by atoms with Crippen LogP contribution in [-0.4, -0.2) is 70.7 Å². The first-order valence-corrected chi connectivity index (χ1v) is 11.1. The third-order valence-corrected chi connectivity index (χ3v) is 5.32. The van der Waals surface area contributed by atoms with E-state index in [2.05, 4.69) is 28.6 Å². The highest BCUT2D eigenvalue weighted by molar-refractivity contribution is 7.98. The molecule has 0 aliphatic heterocycles. The van der Waals surface area contributed by atoms with Crippen LogP contribution in [0.15, 0.2) is 0 Å². The average Bonchev–Trinajstić information content (AvgIpc) is 2.66. The van der Waals surface area contributed by atoms with Crippen molar-refractivity contribution in [2.24, 2.45) is 11.7 Å². The minimum Gasteiger partial charge on any atom is -0.480 e. The normalized spacial score (nSPS) is 16.2. The molecule has 0 unspecified atom stereocenters. The van der Waals surface area contributed by atoms with E-state index in [-0.39, 0.29) is 11.7 Å². The number of nitrogens with two attached hydrogens (primary N) is 1. The van der Waals surface area contributed by atoms with Gasteiger partial charge in [-0.15, -0.1) is 0 Å². The van der Waals surface area contributed by atoms with Crippen LogP contribution in [0.1, 0.15) is 33.6 Å². The fourth-order valence-corrected chi connectivity index (χ4v) is 2.93. The number of hydrogen-bond donors (Lipinski definition) is 6. The van der Waals surface area contributed by atoms with Crippen molar-refractivity contribution in [1.29, 1.82) is 0 Å².